The van der Waals surface area contributed by atoms with Gasteiger partial charge in [-0.1, -0.05) is 24.3 Å². The minimum Gasteiger partial charge on any atom is -0.443 e. The lowest BCUT2D eigenvalue weighted by Gasteiger charge is -2.22. The number of nitrogens with one attached hydrogen (secondary N) is 2. The van der Waals surface area contributed by atoms with E-state index in [2.05, 4.69) is 15.6 Å². The average Bonchev–Trinajstić information content (AvgIpc) is 3.60. The van der Waals surface area contributed by atoms with Gasteiger partial charge in [-0.05, 0) is 54.3 Å². The van der Waals surface area contributed by atoms with E-state index in [0.29, 0.717) is 23.9 Å². The van der Waals surface area contributed by atoms with E-state index >= 15 is 0 Å². The molecular weight excluding hydrogens is 511 g/mol. The number of sulfonamides is 1. The first-order chi connectivity index (χ1) is 18.3. The molecule has 38 heavy (non-hydrogen) atoms. The van der Waals surface area contributed by atoms with Crippen LogP contribution in [0.4, 0.5) is 4.39 Å². The minimum atomic E-state index is -4.10. The SMILES string of the molecule is CNC(=O)c1ccc(-c2cccc(CNC(=O)[C@@H]3CCCN3S(=O)(=O)c3cc4cc(F)ccc4o3)c2)cn1. The standard InChI is InChI=1S/C27H25FN4O5S/c1-29-26(33)22-9-7-19(16-30-22)18-5-2-4-17(12-18)15-31-27(34)23-6-3-11-32(23)38(35,36)25-14-20-13-21(28)8-10-24(20)37-25/h2,4-5,7-10,12-14,16,23H,3,6,11,15H2,1H3,(H,29,33)(H,31,34)/t23-/m0/s1. The maximum atomic E-state index is 13.5. The third kappa shape index (κ3) is 5.02. The Kier molecular flexibility index (Phi) is 6.96. The van der Waals surface area contributed by atoms with E-state index in [1.807, 2.05) is 24.3 Å². The largest absolute Gasteiger partial charge is 0.443 e. The van der Waals surface area contributed by atoms with Crippen LogP contribution in [0.15, 0.2) is 76.4 Å². The fourth-order valence-electron chi connectivity index (χ4n) is 4.52. The van der Waals surface area contributed by atoms with Crippen molar-refractivity contribution in [1.29, 1.82) is 0 Å². The van der Waals surface area contributed by atoms with Crippen molar-refractivity contribution in [3.05, 3.63) is 83.9 Å². The summed E-state index contributed by atoms with van der Waals surface area (Å²) in [6.07, 6.45) is 2.51. The fourth-order valence-corrected chi connectivity index (χ4v) is 6.13. The molecule has 0 aliphatic carbocycles. The molecule has 11 heteroatoms. The second-order valence-electron chi connectivity index (χ2n) is 8.95. The van der Waals surface area contributed by atoms with Gasteiger partial charge in [0, 0.05) is 43.4 Å². The van der Waals surface area contributed by atoms with Crippen LogP contribution in [0.5, 0.6) is 0 Å². The Hall–Kier alpha value is -4.09. The van der Waals surface area contributed by atoms with Gasteiger partial charge in [0.2, 0.25) is 11.0 Å². The Balaban J connectivity index is 1.28. The summed E-state index contributed by atoms with van der Waals surface area (Å²) in [5, 5.41) is 5.39. The van der Waals surface area contributed by atoms with Crippen molar-refractivity contribution in [2.75, 3.05) is 13.6 Å². The third-order valence-electron chi connectivity index (χ3n) is 6.48. The van der Waals surface area contributed by atoms with Crippen molar-refractivity contribution in [3.8, 4) is 11.1 Å². The van der Waals surface area contributed by atoms with Crippen LogP contribution in [-0.2, 0) is 21.4 Å². The van der Waals surface area contributed by atoms with Crippen LogP contribution in [-0.4, -0.2) is 49.2 Å². The number of pyridine rings is 1. The van der Waals surface area contributed by atoms with Crippen LogP contribution in [0.1, 0.15) is 28.9 Å². The zero-order chi connectivity index (χ0) is 26.9. The third-order valence-corrected chi connectivity index (χ3v) is 8.24. The topological polar surface area (TPSA) is 122 Å². The van der Waals surface area contributed by atoms with E-state index < -0.39 is 27.8 Å². The zero-order valence-electron chi connectivity index (χ0n) is 20.5. The highest BCUT2D eigenvalue weighted by Gasteiger charge is 2.41. The number of rotatable bonds is 7. The second-order valence-corrected chi connectivity index (χ2v) is 10.8. The summed E-state index contributed by atoms with van der Waals surface area (Å²) in [6.45, 7) is 0.380. The summed E-state index contributed by atoms with van der Waals surface area (Å²) >= 11 is 0. The molecule has 0 bridgehead atoms. The molecule has 4 aromatic rings. The first-order valence-electron chi connectivity index (χ1n) is 12.0. The number of benzene rings is 2. The number of amides is 2. The van der Waals surface area contributed by atoms with Crippen molar-refractivity contribution in [2.45, 2.75) is 30.5 Å². The first-order valence-corrected chi connectivity index (χ1v) is 13.5. The summed E-state index contributed by atoms with van der Waals surface area (Å²) in [5.74, 6) is -1.18. The minimum absolute atomic E-state index is 0.181. The predicted octanol–water partition coefficient (Wildman–Crippen LogP) is 3.46. The molecule has 5 rings (SSSR count). The molecule has 2 aromatic heterocycles. The second kappa shape index (κ2) is 10.3. The van der Waals surface area contributed by atoms with E-state index in [1.54, 1.807) is 18.3 Å². The van der Waals surface area contributed by atoms with E-state index in [-0.39, 0.29) is 29.7 Å². The Morgan fingerprint density at radius 1 is 1.11 bits per heavy atom. The molecule has 9 nitrogen and oxygen atoms in total. The van der Waals surface area contributed by atoms with Crippen LogP contribution < -0.4 is 10.6 Å². The highest BCUT2D eigenvalue weighted by molar-refractivity contribution is 7.89. The highest BCUT2D eigenvalue weighted by Crippen LogP contribution is 2.30. The highest BCUT2D eigenvalue weighted by atomic mass is 32.2. The number of hydrogen-bond donors (Lipinski definition) is 2. The molecule has 196 valence electrons. The molecular formula is C27H25FN4O5S. The summed E-state index contributed by atoms with van der Waals surface area (Å²) in [7, 11) is -2.56. The number of fused-ring (bicyclic) bond motifs is 1. The molecule has 1 saturated heterocycles. The molecule has 1 atom stereocenters. The van der Waals surface area contributed by atoms with Crippen LogP contribution in [0.2, 0.25) is 0 Å². The Morgan fingerprint density at radius 2 is 1.95 bits per heavy atom. The van der Waals surface area contributed by atoms with Gasteiger partial charge in [-0.2, -0.15) is 4.31 Å². The number of carbonyl (C=O) groups is 2. The van der Waals surface area contributed by atoms with Gasteiger partial charge in [0.15, 0.2) is 0 Å². The summed E-state index contributed by atoms with van der Waals surface area (Å²) < 4.78 is 46.8. The van der Waals surface area contributed by atoms with Crippen LogP contribution >= 0.6 is 0 Å². The van der Waals surface area contributed by atoms with Gasteiger partial charge in [0.25, 0.3) is 15.9 Å². The molecule has 1 fully saturated rings. The average molecular weight is 537 g/mol. The molecule has 2 N–H and O–H groups in total. The van der Waals surface area contributed by atoms with Crippen LogP contribution in [0.3, 0.4) is 0 Å². The van der Waals surface area contributed by atoms with Crippen molar-refractivity contribution < 1.29 is 26.8 Å². The fraction of sp³-hybridized carbons (Fsp3) is 0.222. The van der Waals surface area contributed by atoms with Gasteiger partial charge in [-0.15, -0.1) is 0 Å². The number of nitrogens with zero attached hydrogens (tertiary/aromatic N) is 2. The van der Waals surface area contributed by atoms with Gasteiger partial charge in [-0.3, -0.25) is 14.6 Å². The lowest BCUT2D eigenvalue weighted by Crippen LogP contribution is -2.45. The Bertz CT molecular complexity index is 1620. The van der Waals surface area contributed by atoms with Crippen LogP contribution in [0.25, 0.3) is 22.1 Å². The maximum Gasteiger partial charge on any atom is 0.277 e. The van der Waals surface area contributed by atoms with Gasteiger partial charge >= 0.3 is 0 Å². The number of carbonyl (C=O) groups excluding carboxylic acids is 2. The molecule has 0 saturated carbocycles. The number of hydrogen-bond acceptors (Lipinski definition) is 6. The maximum absolute atomic E-state index is 13.5. The van der Waals surface area contributed by atoms with Crippen molar-refractivity contribution >= 4 is 32.8 Å². The molecule has 0 spiro atoms. The summed E-state index contributed by atoms with van der Waals surface area (Å²) in [5.41, 5.74) is 3.05. The smallest absolute Gasteiger partial charge is 0.277 e. The van der Waals surface area contributed by atoms with E-state index in [4.69, 9.17) is 4.42 Å². The first kappa shape index (κ1) is 25.6. The van der Waals surface area contributed by atoms with Gasteiger partial charge in [0.05, 0.1) is 0 Å². The molecule has 2 amide bonds. The van der Waals surface area contributed by atoms with E-state index in [1.165, 1.54) is 31.3 Å². The quantitative estimate of drug-likeness (QED) is 0.373. The normalized spacial score (nSPS) is 16.0. The molecule has 3 heterocycles. The molecule has 0 unspecified atom stereocenters. The number of aromatic nitrogens is 1. The molecule has 2 aromatic carbocycles. The van der Waals surface area contributed by atoms with Crippen molar-refractivity contribution in [2.24, 2.45) is 0 Å². The lowest BCUT2D eigenvalue weighted by molar-refractivity contribution is -0.124. The molecule has 0 radical (unpaired) electrons. The van der Waals surface area contributed by atoms with Crippen molar-refractivity contribution in [3.63, 3.8) is 0 Å². The molecule has 1 aliphatic rings. The van der Waals surface area contributed by atoms with E-state index in [0.717, 1.165) is 21.0 Å². The van der Waals surface area contributed by atoms with Crippen LogP contribution in [0, 0.1) is 5.82 Å². The van der Waals surface area contributed by atoms with E-state index in [9.17, 15) is 22.4 Å². The number of furan rings is 1. The number of halogens is 1. The predicted molar refractivity (Wildman–Crippen MR) is 138 cm³/mol. The van der Waals surface area contributed by atoms with Gasteiger partial charge in [-0.25, -0.2) is 12.8 Å². The monoisotopic (exact) mass is 536 g/mol. The summed E-state index contributed by atoms with van der Waals surface area (Å²) in [4.78, 5) is 29.0. The Morgan fingerprint density at radius 3 is 2.71 bits per heavy atom. The van der Waals surface area contributed by atoms with Gasteiger partial charge < -0.3 is 15.1 Å². The van der Waals surface area contributed by atoms with Crippen molar-refractivity contribution in [1.82, 2.24) is 19.9 Å². The van der Waals surface area contributed by atoms with Gasteiger partial charge in [0.1, 0.15) is 23.1 Å². The Labute approximate surface area is 218 Å². The lowest BCUT2D eigenvalue weighted by atomic mass is 10.0. The molecule has 1 aliphatic heterocycles. The summed E-state index contributed by atoms with van der Waals surface area (Å²) in [6, 6.07) is 15.1. The zero-order valence-corrected chi connectivity index (χ0v) is 21.3.